The molecule has 1 N–H and O–H groups in total. The van der Waals surface area contributed by atoms with Crippen LogP contribution in [0, 0.1) is 0 Å². The second-order valence-corrected chi connectivity index (χ2v) is 8.47. The summed E-state index contributed by atoms with van der Waals surface area (Å²) in [6, 6.07) is 6.83. The van der Waals surface area contributed by atoms with E-state index in [1.54, 1.807) is 22.7 Å². The molecule has 1 aromatic carbocycles. The molecular formula is C17H20N2O4S2. The van der Waals surface area contributed by atoms with Crippen LogP contribution < -0.4 is 5.32 Å². The Hall–Kier alpha value is -1.67. The molecule has 2 aliphatic heterocycles. The largest absolute Gasteiger partial charge is 0.454 e. The van der Waals surface area contributed by atoms with Crippen molar-refractivity contribution in [2.24, 2.45) is 0 Å². The molecule has 2 heterocycles. The molecule has 0 bridgehead atoms. The van der Waals surface area contributed by atoms with Gasteiger partial charge in [0.15, 0.2) is 6.61 Å². The van der Waals surface area contributed by atoms with E-state index < -0.39 is 17.9 Å². The maximum Gasteiger partial charge on any atom is 0.330 e. The summed E-state index contributed by atoms with van der Waals surface area (Å²) in [6.45, 7) is 1.61. The third-order valence-corrected chi connectivity index (χ3v) is 6.74. The minimum atomic E-state index is -0.601. The van der Waals surface area contributed by atoms with Crippen molar-refractivity contribution in [2.75, 3.05) is 23.9 Å². The highest BCUT2D eigenvalue weighted by Crippen LogP contribution is 2.47. The number of rotatable bonds is 5. The Bertz CT molecular complexity index is 712. The van der Waals surface area contributed by atoms with Gasteiger partial charge in [-0.3, -0.25) is 9.59 Å². The molecule has 6 nitrogen and oxygen atoms in total. The van der Waals surface area contributed by atoms with Gasteiger partial charge in [-0.25, -0.2) is 4.79 Å². The fourth-order valence-electron chi connectivity index (χ4n) is 3.16. The van der Waals surface area contributed by atoms with Crippen molar-refractivity contribution >= 4 is 47.0 Å². The van der Waals surface area contributed by atoms with Gasteiger partial charge in [-0.05, 0) is 31.7 Å². The van der Waals surface area contributed by atoms with Crippen LogP contribution in [0.3, 0.4) is 0 Å². The van der Waals surface area contributed by atoms with E-state index in [0.29, 0.717) is 17.9 Å². The van der Waals surface area contributed by atoms with Crippen molar-refractivity contribution < 1.29 is 19.1 Å². The molecule has 2 aliphatic rings. The predicted molar refractivity (Wildman–Crippen MR) is 98.5 cm³/mol. The molecule has 3 rings (SSSR count). The maximum atomic E-state index is 12.3. The zero-order valence-corrected chi connectivity index (χ0v) is 15.7. The van der Waals surface area contributed by atoms with Crippen LogP contribution in [0.15, 0.2) is 29.2 Å². The van der Waals surface area contributed by atoms with Crippen LogP contribution in [0.1, 0.15) is 19.8 Å². The Morgan fingerprint density at radius 2 is 2.20 bits per heavy atom. The molecule has 134 valence electrons. The first kappa shape index (κ1) is 18.1. The molecule has 1 aromatic rings. The SMILES string of the molecule is CSc1ccccc1NC(=O)COC(=O)[C@H]1CS[C@]2(C)CCC(=O)N12. The zero-order chi connectivity index (χ0) is 18.0. The van der Waals surface area contributed by atoms with Gasteiger partial charge in [0, 0.05) is 17.1 Å². The van der Waals surface area contributed by atoms with Crippen molar-refractivity contribution in [3.8, 4) is 0 Å². The average Bonchev–Trinajstić information content (AvgIpc) is 3.09. The summed E-state index contributed by atoms with van der Waals surface area (Å²) in [5.41, 5.74) is 0.690. The number of hydrogen-bond acceptors (Lipinski definition) is 6. The lowest BCUT2D eigenvalue weighted by Crippen LogP contribution is -2.47. The van der Waals surface area contributed by atoms with Crippen molar-refractivity contribution in [3.63, 3.8) is 0 Å². The average molecular weight is 380 g/mol. The lowest BCUT2D eigenvalue weighted by atomic mass is 10.2. The van der Waals surface area contributed by atoms with E-state index in [-0.39, 0.29) is 17.4 Å². The van der Waals surface area contributed by atoms with Crippen molar-refractivity contribution in [1.29, 1.82) is 0 Å². The maximum absolute atomic E-state index is 12.3. The third-order valence-electron chi connectivity index (χ3n) is 4.44. The Balaban J connectivity index is 1.56. The topological polar surface area (TPSA) is 75.7 Å². The summed E-state index contributed by atoms with van der Waals surface area (Å²) in [7, 11) is 0. The van der Waals surface area contributed by atoms with Gasteiger partial charge in [0.1, 0.15) is 6.04 Å². The van der Waals surface area contributed by atoms with Gasteiger partial charge in [0.2, 0.25) is 5.91 Å². The van der Waals surface area contributed by atoms with Gasteiger partial charge < -0.3 is 15.0 Å². The van der Waals surface area contributed by atoms with Crippen LogP contribution in [0.25, 0.3) is 0 Å². The van der Waals surface area contributed by atoms with Crippen LogP contribution in [-0.2, 0) is 19.1 Å². The van der Waals surface area contributed by atoms with E-state index in [0.717, 1.165) is 11.3 Å². The number of fused-ring (bicyclic) bond motifs is 1. The fourth-order valence-corrected chi connectivity index (χ4v) is 5.13. The highest BCUT2D eigenvalue weighted by atomic mass is 32.2. The Labute approximate surface area is 155 Å². The Morgan fingerprint density at radius 3 is 2.96 bits per heavy atom. The number of hydrogen-bond donors (Lipinski definition) is 1. The van der Waals surface area contributed by atoms with E-state index in [1.807, 2.05) is 31.4 Å². The molecule has 0 unspecified atom stereocenters. The summed E-state index contributed by atoms with van der Waals surface area (Å²) >= 11 is 3.12. The number of para-hydroxylation sites is 1. The minimum absolute atomic E-state index is 0.0206. The molecule has 0 aromatic heterocycles. The number of carbonyl (C=O) groups excluding carboxylic acids is 3. The van der Waals surface area contributed by atoms with Gasteiger partial charge in [-0.15, -0.1) is 23.5 Å². The van der Waals surface area contributed by atoms with Crippen LogP contribution >= 0.6 is 23.5 Å². The van der Waals surface area contributed by atoms with Crippen molar-refractivity contribution in [1.82, 2.24) is 4.90 Å². The standard InChI is InChI=1S/C17H20N2O4S2/c1-17-8-7-15(21)19(17)12(10-25-17)16(22)23-9-14(20)18-11-5-3-4-6-13(11)24-2/h3-6,12H,7-10H2,1-2H3,(H,18,20)/t12-,17-/m1/s1. The molecule has 2 amide bonds. The molecule has 8 heteroatoms. The monoisotopic (exact) mass is 380 g/mol. The number of esters is 1. The molecule has 0 saturated carbocycles. The molecular weight excluding hydrogens is 360 g/mol. The van der Waals surface area contributed by atoms with Crippen LogP contribution in [0.4, 0.5) is 5.69 Å². The number of amides is 2. The molecule has 2 fully saturated rings. The highest BCUT2D eigenvalue weighted by molar-refractivity contribution is 8.01. The Kier molecular flexibility index (Phi) is 5.29. The van der Waals surface area contributed by atoms with E-state index in [1.165, 1.54) is 11.8 Å². The molecule has 2 saturated heterocycles. The van der Waals surface area contributed by atoms with Crippen molar-refractivity contribution in [2.45, 2.75) is 35.6 Å². The second-order valence-electron chi connectivity index (χ2n) is 6.12. The predicted octanol–water partition coefficient (Wildman–Crippen LogP) is 2.34. The first-order valence-electron chi connectivity index (χ1n) is 8.00. The highest BCUT2D eigenvalue weighted by Gasteiger charge is 2.53. The third kappa shape index (κ3) is 3.64. The van der Waals surface area contributed by atoms with Crippen LogP contribution in [-0.4, -0.2) is 52.2 Å². The number of nitrogens with zero attached hydrogens (tertiary/aromatic N) is 1. The van der Waals surface area contributed by atoms with E-state index in [4.69, 9.17) is 4.74 Å². The Morgan fingerprint density at radius 1 is 1.44 bits per heavy atom. The number of carbonyl (C=O) groups is 3. The summed E-state index contributed by atoms with van der Waals surface area (Å²) in [5, 5.41) is 2.75. The van der Waals surface area contributed by atoms with Gasteiger partial charge in [0.05, 0.1) is 10.6 Å². The molecule has 0 radical (unpaired) electrons. The summed E-state index contributed by atoms with van der Waals surface area (Å²) < 4.78 is 5.17. The first-order valence-corrected chi connectivity index (χ1v) is 10.2. The number of ether oxygens (including phenoxy) is 1. The number of benzene rings is 1. The molecule has 25 heavy (non-hydrogen) atoms. The van der Waals surface area contributed by atoms with Gasteiger partial charge in [-0.2, -0.15) is 0 Å². The zero-order valence-electron chi connectivity index (χ0n) is 14.1. The molecule has 0 aliphatic carbocycles. The number of nitrogens with one attached hydrogen (secondary N) is 1. The fraction of sp³-hybridized carbons (Fsp3) is 0.471. The quantitative estimate of drug-likeness (QED) is 0.624. The van der Waals surface area contributed by atoms with E-state index in [2.05, 4.69) is 5.32 Å². The number of thioether (sulfide) groups is 2. The smallest absolute Gasteiger partial charge is 0.330 e. The van der Waals surface area contributed by atoms with E-state index in [9.17, 15) is 14.4 Å². The first-order chi connectivity index (χ1) is 11.9. The molecule has 2 atom stereocenters. The van der Waals surface area contributed by atoms with Crippen LogP contribution in [0.5, 0.6) is 0 Å². The number of anilines is 1. The van der Waals surface area contributed by atoms with Crippen LogP contribution in [0.2, 0.25) is 0 Å². The summed E-state index contributed by atoms with van der Waals surface area (Å²) in [4.78, 5) is 38.7. The minimum Gasteiger partial charge on any atom is -0.454 e. The second kappa shape index (κ2) is 7.29. The van der Waals surface area contributed by atoms with E-state index >= 15 is 0 Å². The van der Waals surface area contributed by atoms with Gasteiger partial charge in [-0.1, -0.05) is 12.1 Å². The summed E-state index contributed by atoms with van der Waals surface area (Å²) in [5.74, 6) is -0.415. The molecule has 0 spiro atoms. The van der Waals surface area contributed by atoms with Crippen molar-refractivity contribution in [3.05, 3.63) is 24.3 Å². The van der Waals surface area contributed by atoms with Gasteiger partial charge in [0.25, 0.3) is 5.91 Å². The normalized spacial score (nSPS) is 25.0. The van der Waals surface area contributed by atoms with Gasteiger partial charge >= 0.3 is 5.97 Å². The lowest BCUT2D eigenvalue weighted by molar-refractivity contribution is -0.155. The lowest BCUT2D eigenvalue weighted by Gasteiger charge is -2.29. The summed E-state index contributed by atoms with van der Waals surface area (Å²) in [6.07, 6.45) is 3.12.